The van der Waals surface area contributed by atoms with Crippen molar-refractivity contribution in [2.24, 2.45) is 0 Å². The van der Waals surface area contributed by atoms with Crippen LogP contribution in [0.15, 0.2) is 15.6 Å². The van der Waals surface area contributed by atoms with Gasteiger partial charge in [-0.1, -0.05) is 11.6 Å². The third kappa shape index (κ3) is 4.81. The molecule has 0 bridgehead atoms. The van der Waals surface area contributed by atoms with Gasteiger partial charge in [-0.2, -0.15) is 0 Å². The third-order valence-corrected chi connectivity index (χ3v) is 5.55. The highest BCUT2D eigenvalue weighted by Gasteiger charge is 2.29. The number of hydrogen-bond acceptors (Lipinski definition) is 6. The Kier molecular flexibility index (Phi) is 6.35. The number of ether oxygens (including phenoxy) is 2. The SMILES string of the molecule is CC(C)(C)OC(=O)N1CCN[C@H](COc2c(F)c(Br)c(Cl)c3nc[nH]c(=O)c23)C1. The van der Waals surface area contributed by atoms with E-state index in [9.17, 15) is 14.0 Å². The van der Waals surface area contributed by atoms with E-state index in [1.807, 2.05) is 0 Å². The van der Waals surface area contributed by atoms with E-state index in [0.29, 0.717) is 19.6 Å². The lowest BCUT2D eigenvalue weighted by atomic mass is 10.2. The van der Waals surface area contributed by atoms with Crippen LogP contribution in [0.4, 0.5) is 9.18 Å². The predicted molar refractivity (Wildman–Crippen MR) is 110 cm³/mol. The molecule has 0 saturated carbocycles. The lowest BCUT2D eigenvalue weighted by Crippen LogP contribution is -2.55. The number of benzene rings is 1. The van der Waals surface area contributed by atoms with Gasteiger partial charge < -0.3 is 24.7 Å². The molecular weight excluding hydrogens is 471 g/mol. The Morgan fingerprint density at radius 3 is 2.90 bits per heavy atom. The van der Waals surface area contributed by atoms with Crippen LogP contribution in [0.1, 0.15) is 20.8 Å². The Balaban J connectivity index is 1.79. The molecule has 2 heterocycles. The smallest absolute Gasteiger partial charge is 0.410 e. The van der Waals surface area contributed by atoms with Crippen LogP contribution >= 0.6 is 27.5 Å². The van der Waals surface area contributed by atoms with Gasteiger partial charge in [0, 0.05) is 19.6 Å². The van der Waals surface area contributed by atoms with Crippen LogP contribution in [0.2, 0.25) is 5.02 Å². The number of aromatic nitrogens is 2. The Bertz CT molecular complexity index is 994. The number of nitrogens with one attached hydrogen (secondary N) is 2. The molecule has 1 amide bonds. The van der Waals surface area contributed by atoms with Gasteiger partial charge >= 0.3 is 6.09 Å². The maximum atomic E-state index is 14.8. The van der Waals surface area contributed by atoms with E-state index >= 15 is 0 Å². The second-order valence-corrected chi connectivity index (χ2v) is 8.79. The van der Waals surface area contributed by atoms with Crippen molar-refractivity contribution in [1.29, 1.82) is 0 Å². The first kappa shape index (κ1) is 21.8. The predicted octanol–water partition coefficient (Wildman–Crippen LogP) is 3.07. The Morgan fingerprint density at radius 2 is 2.21 bits per heavy atom. The van der Waals surface area contributed by atoms with Crippen molar-refractivity contribution in [2.45, 2.75) is 32.4 Å². The molecule has 0 aliphatic carbocycles. The summed E-state index contributed by atoms with van der Waals surface area (Å²) in [7, 11) is 0. The molecule has 1 fully saturated rings. The number of nitrogens with zero attached hydrogens (tertiary/aromatic N) is 2. The largest absolute Gasteiger partial charge is 0.488 e. The fraction of sp³-hybridized carbons (Fsp3) is 0.500. The standard InChI is InChI=1S/C18H21BrClFN4O4/c1-18(2,3)29-17(27)25-5-4-22-9(6-25)7-28-15-10-14(23-8-24-16(10)26)12(20)11(19)13(15)21/h8-9,22H,4-7H2,1-3H3,(H,23,24,26)/t9-/m0/s1. The van der Waals surface area contributed by atoms with Crippen LogP contribution in [0.25, 0.3) is 10.9 Å². The number of rotatable bonds is 3. The van der Waals surface area contributed by atoms with E-state index in [1.165, 1.54) is 6.33 Å². The van der Waals surface area contributed by atoms with E-state index < -0.39 is 23.1 Å². The number of aromatic amines is 1. The molecule has 158 valence electrons. The molecule has 1 aromatic heterocycles. The van der Waals surface area contributed by atoms with Gasteiger partial charge in [0.05, 0.1) is 21.9 Å². The summed E-state index contributed by atoms with van der Waals surface area (Å²) >= 11 is 9.18. The van der Waals surface area contributed by atoms with Crippen molar-refractivity contribution in [3.8, 4) is 5.75 Å². The van der Waals surface area contributed by atoms with E-state index in [-0.39, 0.29) is 38.8 Å². The molecule has 1 saturated heterocycles. The molecule has 1 atom stereocenters. The fourth-order valence-corrected chi connectivity index (χ4v) is 3.53. The van der Waals surface area contributed by atoms with Crippen LogP contribution in [-0.2, 0) is 4.74 Å². The van der Waals surface area contributed by atoms with Crippen LogP contribution in [0.5, 0.6) is 5.75 Å². The van der Waals surface area contributed by atoms with Crippen LogP contribution in [0, 0.1) is 5.82 Å². The van der Waals surface area contributed by atoms with Gasteiger partial charge in [-0.25, -0.2) is 14.2 Å². The lowest BCUT2D eigenvalue weighted by Gasteiger charge is -2.34. The summed E-state index contributed by atoms with van der Waals surface area (Å²) in [6.07, 6.45) is 0.766. The highest BCUT2D eigenvalue weighted by atomic mass is 79.9. The number of fused-ring (bicyclic) bond motifs is 1. The first-order valence-electron chi connectivity index (χ1n) is 8.96. The Hall–Kier alpha value is -1.91. The molecular formula is C18H21BrClFN4O4. The second kappa shape index (κ2) is 8.45. The quantitative estimate of drug-likeness (QED) is 0.641. The topological polar surface area (TPSA) is 96.5 Å². The van der Waals surface area contributed by atoms with Crippen LogP contribution < -0.4 is 15.6 Å². The van der Waals surface area contributed by atoms with Gasteiger partial charge in [-0.05, 0) is 36.7 Å². The molecule has 1 aliphatic rings. The number of H-pyrrole nitrogens is 1. The average Bonchev–Trinajstić information content (AvgIpc) is 2.65. The van der Waals surface area contributed by atoms with Gasteiger partial charge in [0.2, 0.25) is 0 Å². The summed E-state index contributed by atoms with van der Waals surface area (Å²) in [5.74, 6) is -1.04. The first-order valence-corrected chi connectivity index (χ1v) is 10.1. The molecule has 2 N–H and O–H groups in total. The number of halogens is 3. The van der Waals surface area contributed by atoms with E-state index in [0.717, 1.165) is 0 Å². The van der Waals surface area contributed by atoms with Gasteiger partial charge in [0.1, 0.15) is 23.1 Å². The summed E-state index contributed by atoms with van der Waals surface area (Å²) in [6.45, 7) is 6.75. The monoisotopic (exact) mass is 490 g/mol. The normalized spacial score (nSPS) is 17.4. The van der Waals surface area contributed by atoms with E-state index in [1.54, 1.807) is 25.7 Å². The van der Waals surface area contributed by atoms with E-state index in [4.69, 9.17) is 21.1 Å². The Morgan fingerprint density at radius 1 is 1.48 bits per heavy atom. The zero-order valence-corrected chi connectivity index (χ0v) is 18.5. The minimum absolute atomic E-state index is 0.0113. The third-order valence-electron chi connectivity index (χ3n) is 4.21. The number of hydrogen-bond donors (Lipinski definition) is 2. The van der Waals surface area contributed by atoms with Gasteiger partial charge in [-0.3, -0.25) is 4.79 Å². The summed E-state index contributed by atoms with van der Waals surface area (Å²) in [5.41, 5.74) is -1.03. The van der Waals surface area contributed by atoms with Gasteiger partial charge in [-0.15, -0.1) is 0 Å². The maximum Gasteiger partial charge on any atom is 0.410 e. The molecule has 8 nitrogen and oxygen atoms in total. The number of piperazine rings is 1. The second-order valence-electron chi connectivity index (χ2n) is 7.61. The molecule has 29 heavy (non-hydrogen) atoms. The summed E-state index contributed by atoms with van der Waals surface area (Å²) in [4.78, 5) is 32.5. The highest BCUT2D eigenvalue weighted by molar-refractivity contribution is 9.10. The molecule has 2 aromatic rings. The zero-order chi connectivity index (χ0) is 21.3. The minimum Gasteiger partial charge on any atom is -0.488 e. The van der Waals surface area contributed by atoms with Crippen LogP contribution in [0.3, 0.4) is 0 Å². The van der Waals surface area contributed by atoms with Gasteiger partial charge in [0.15, 0.2) is 11.6 Å². The van der Waals surface area contributed by atoms with Crippen LogP contribution in [-0.4, -0.2) is 58.8 Å². The van der Waals surface area contributed by atoms with Crippen molar-refractivity contribution in [1.82, 2.24) is 20.2 Å². The first-order chi connectivity index (χ1) is 13.6. The lowest BCUT2D eigenvalue weighted by molar-refractivity contribution is 0.0177. The highest BCUT2D eigenvalue weighted by Crippen LogP contribution is 2.38. The summed E-state index contributed by atoms with van der Waals surface area (Å²) < 4.78 is 25.8. The number of carbonyl (C=O) groups excluding carboxylic acids is 1. The Labute approximate surface area is 179 Å². The molecule has 0 radical (unpaired) electrons. The van der Waals surface area contributed by atoms with Crippen molar-refractivity contribution < 1.29 is 18.7 Å². The van der Waals surface area contributed by atoms with Crippen molar-refractivity contribution in [3.63, 3.8) is 0 Å². The fourth-order valence-electron chi connectivity index (χ4n) is 2.94. The molecule has 0 unspecified atom stereocenters. The minimum atomic E-state index is -0.791. The van der Waals surface area contributed by atoms with Crippen molar-refractivity contribution in [3.05, 3.63) is 32.0 Å². The number of carbonyl (C=O) groups is 1. The molecule has 0 spiro atoms. The van der Waals surface area contributed by atoms with Crippen molar-refractivity contribution >= 4 is 44.5 Å². The number of amides is 1. The van der Waals surface area contributed by atoms with Gasteiger partial charge in [0.25, 0.3) is 5.56 Å². The maximum absolute atomic E-state index is 14.8. The van der Waals surface area contributed by atoms with Crippen molar-refractivity contribution in [2.75, 3.05) is 26.2 Å². The van der Waals surface area contributed by atoms with E-state index in [2.05, 4.69) is 31.2 Å². The molecule has 1 aliphatic heterocycles. The summed E-state index contributed by atoms with van der Waals surface area (Å²) in [5, 5.41) is 3.13. The molecule has 1 aromatic carbocycles. The summed E-state index contributed by atoms with van der Waals surface area (Å²) in [6, 6.07) is -0.282. The molecule has 11 heteroatoms. The molecule has 3 rings (SSSR count). The zero-order valence-electron chi connectivity index (χ0n) is 16.1. The average molecular weight is 492 g/mol.